The molecule has 92 valence electrons. The van der Waals surface area contributed by atoms with Crippen molar-refractivity contribution in [3.05, 3.63) is 29.6 Å². The lowest BCUT2D eigenvalue weighted by molar-refractivity contribution is 0.0653. The van der Waals surface area contributed by atoms with Gasteiger partial charge < -0.3 is 16.2 Å². The molecule has 2 rings (SSSR count). The Balaban J connectivity index is 2.00. The number of halogens is 1. The van der Waals surface area contributed by atoms with Crippen molar-refractivity contribution in [1.82, 2.24) is 0 Å². The standard InChI is InChI=1S/C12H15FN2O2/c13-10-5-8(12(15)16)1-2-11(10)17-9-3-7(4-9)6-14/h1-2,5,7,9H,3-4,6,14H2,(H2,15,16). The van der Waals surface area contributed by atoms with Crippen molar-refractivity contribution in [2.24, 2.45) is 17.4 Å². The molecule has 17 heavy (non-hydrogen) atoms. The van der Waals surface area contributed by atoms with E-state index in [4.69, 9.17) is 16.2 Å². The van der Waals surface area contributed by atoms with E-state index in [-0.39, 0.29) is 17.4 Å². The summed E-state index contributed by atoms with van der Waals surface area (Å²) in [7, 11) is 0. The van der Waals surface area contributed by atoms with Crippen molar-refractivity contribution in [3.8, 4) is 5.75 Å². The Morgan fingerprint density at radius 3 is 2.71 bits per heavy atom. The molecule has 1 aromatic rings. The van der Waals surface area contributed by atoms with Crippen LogP contribution in [0.1, 0.15) is 23.2 Å². The van der Waals surface area contributed by atoms with Gasteiger partial charge in [0.25, 0.3) is 0 Å². The zero-order chi connectivity index (χ0) is 12.4. The number of rotatable bonds is 4. The fraction of sp³-hybridized carbons (Fsp3) is 0.417. The summed E-state index contributed by atoms with van der Waals surface area (Å²) in [4.78, 5) is 10.8. The van der Waals surface area contributed by atoms with Gasteiger partial charge in [0.2, 0.25) is 5.91 Å². The number of benzene rings is 1. The Hall–Kier alpha value is -1.62. The molecule has 4 nitrogen and oxygen atoms in total. The quantitative estimate of drug-likeness (QED) is 0.822. The Kier molecular flexibility index (Phi) is 3.28. The average Bonchev–Trinajstić information content (AvgIpc) is 2.24. The van der Waals surface area contributed by atoms with Crippen molar-refractivity contribution >= 4 is 5.91 Å². The molecule has 0 aromatic heterocycles. The Morgan fingerprint density at radius 1 is 1.47 bits per heavy atom. The molecule has 0 atom stereocenters. The van der Waals surface area contributed by atoms with Crippen LogP contribution in [-0.4, -0.2) is 18.6 Å². The van der Waals surface area contributed by atoms with Gasteiger partial charge in [-0.25, -0.2) is 4.39 Å². The first-order valence-electron chi connectivity index (χ1n) is 5.56. The first-order valence-corrected chi connectivity index (χ1v) is 5.56. The Bertz CT molecular complexity index is 431. The molecule has 4 N–H and O–H groups in total. The molecule has 1 saturated carbocycles. The number of carbonyl (C=O) groups is 1. The SMILES string of the molecule is NCC1CC(Oc2ccc(C(N)=O)cc2F)C1. The van der Waals surface area contributed by atoms with Crippen molar-refractivity contribution < 1.29 is 13.9 Å². The Morgan fingerprint density at radius 2 is 2.18 bits per heavy atom. The van der Waals surface area contributed by atoms with Gasteiger partial charge in [0.1, 0.15) is 0 Å². The molecule has 5 heteroatoms. The third-order valence-corrected chi connectivity index (χ3v) is 3.04. The summed E-state index contributed by atoms with van der Waals surface area (Å²) in [5.74, 6) is -0.566. The van der Waals surface area contributed by atoms with Gasteiger partial charge in [0, 0.05) is 5.56 Å². The van der Waals surface area contributed by atoms with Crippen LogP contribution >= 0.6 is 0 Å². The highest BCUT2D eigenvalue weighted by Crippen LogP contribution is 2.31. The van der Waals surface area contributed by atoms with Crippen molar-refractivity contribution in [1.29, 1.82) is 0 Å². The van der Waals surface area contributed by atoms with Crippen LogP contribution in [0, 0.1) is 11.7 Å². The van der Waals surface area contributed by atoms with E-state index in [0.29, 0.717) is 12.5 Å². The molecule has 1 aliphatic rings. The molecule has 0 aliphatic heterocycles. The predicted molar refractivity (Wildman–Crippen MR) is 61.1 cm³/mol. The lowest BCUT2D eigenvalue weighted by Gasteiger charge is -2.34. The molecule has 0 unspecified atom stereocenters. The molecular formula is C12H15FN2O2. The monoisotopic (exact) mass is 238 g/mol. The molecular weight excluding hydrogens is 223 g/mol. The second-order valence-corrected chi connectivity index (χ2v) is 4.32. The minimum absolute atomic E-state index is 0.0254. The number of primary amides is 1. The summed E-state index contributed by atoms with van der Waals surface area (Å²) in [6.07, 6.45) is 1.73. The summed E-state index contributed by atoms with van der Waals surface area (Å²) in [6.45, 7) is 0.642. The van der Waals surface area contributed by atoms with E-state index >= 15 is 0 Å². The summed E-state index contributed by atoms with van der Waals surface area (Å²) in [5, 5.41) is 0. The van der Waals surface area contributed by atoms with Gasteiger partial charge in [-0.15, -0.1) is 0 Å². The molecule has 0 heterocycles. The summed E-state index contributed by atoms with van der Waals surface area (Å²) in [5.41, 5.74) is 10.7. The Labute approximate surface area is 98.7 Å². The van der Waals surface area contributed by atoms with Gasteiger partial charge in [-0.3, -0.25) is 4.79 Å². The minimum atomic E-state index is -0.651. The minimum Gasteiger partial charge on any atom is -0.487 e. The molecule has 1 amide bonds. The molecule has 1 aliphatic carbocycles. The number of nitrogens with two attached hydrogens (primary N) is 2. The van der Waals surface area contributed by atoms with E-state index in [9.17, 15) is 9.18 Å². The molecule has 1 aromatic carbocycles. The molecule has 1 fully saturated rings. The van der Waals surface area contributed by atoms with E-state index < -0.39 is 11.7 Å². The highest BCUT2D eigenvalue weighted by molar-refractivity contribution is 5.92. The van der Waals surface area contributed by atoms with Crippen LogP contribution in [0.3, 0.4) is 0 Å². The van der Waals surface area contributed by atoms with Gasteiger partial charge in [0.15, 0.2) is 11.6 Å². The van der Waals surface area contributed by atoms with Crippen molar-refractivity contribution in [3.63, 3.8) is 0 Å². The average molecular weight is 238 g/mol. The van der Waals surface area contributed by atoms with Crippen LogP contribution in [0.5, 0.6) is 5.75 Å². The maximum absolute atomic E-state index is 13.6. The van der Waals surface area contributed by atoms with E-state index in [0.717, 1.165) is 18.9 Å². The largest absolute Gasteiger partial charge is 0.487 e. The lowest BCUT2D eigenvalue weighted by Crippen LogP contribution is -2.37. The van der Waals surface area contributed by atoms with E-state index in [1.54, 1.807) is 0 Å². The maximum Gasteiger partial charge on any atom is 0.248 e. The van der Waals surface area contributed by atoms with Gasteiger partial charge in [-0.1, -0.05) is 0 Å². The van der Waals surface area contributed by atoms with Crippen molar-refractivity contribution in [2.45, 2.75) is 18.9 Å². The zero-order valence-electron chi connectivity index (χ0n) is 9.36. The summed E-state index contributed by atoms with van der Waals surface area (Å²) in [6, 6.07) is 3.99. The van der Waals surface area contributed by atoms with Gasteiger partial charge >= 0.3 is 0 Å². The molecule has 0 spiro atoms. The normalized spacial score (nSPS) is 22.9. The first-order chi connectivity index (χ1) is 8.10. The van der Waals surface area contributed by atoms with Crippen LogP contribution in [0.2, 0.25) is 0 Å². The molecule has 0 radical (unpaired) electrons. The third-order valence-electron chi connectivity index (χ3n) is 3.04. The summed E-state index contributed by atoms with van der Waals surface area (Å²) < 4.78 is 19.0. The van der Waals surface area contributed by atoms with Crippen LogP contribution in [0.25, 0.3) is 0 Å². The number of ether oxygens (including phenoxy) is 1. The van der Waals surface area contributed by atoms with Crippen molar-refractivity contribution in [2.75, 3.05) is 6.54 Å². The number of hydrogen-bond acceptors (Lipinski definition) is 3. The van der Waals surface area contributed by atoms with Crippen LogP contribution in [0.15, 0.2) is 18.2 Å². The third kappa shape index (κ3) is 2.55. The van der Waals surface area contributed by atoms with Crippen LogP contribution < -0.4 is 16.2 Å². The second-order valence-electron chi connectivity index (χ2n) is 4.32. The van der Waals surface area contributed by atoms with Crippen LogP contribution in [0.4, 0.5) is 4.39 Å². The number of carbonyl (C=O) groups excluding carboxylic acids is 1. The van der Waals surface area contributed by atoms with Crippen LogP contribution in [-0.2, 0) is 0 Å². The van der Waals surface area contributed by atoms with Gasteiger partial charge in [-0.05, 0) is 43.5 Å². The predicted octanol–water partition coefficient (Wildman–Crippen LogP) is 1.04. The van der Waals surface area contributed by atoms with E-state index in [1.807, 2.05) is 0 Å². The smallest absolute Gasteiger partial charge is 0.248 e. The van der Waals surface area contributed by atoms with E-state index in [1.165, 1.54) is 12.1 Å². The maximum atomic E-state index is 13.6. The fourth-order valence-corrected chi connectivity index (χ4v) is 1.89. The topological polar surface area (TPSA) is 78.3 Å². The first kappa shape index (κ1) is 11.9. The lowest BCUT2D eigenvalue weighted by atomic mass is 9.82. The molecule has 0 bridgehead atoms. The zero-order valence-corrected chi connectivity index (χ0v) is 9.36. The molecule has 0 saturated heterocycles. The van der Waals surface area contributed by atoms with Gasteiger partial charge in [0.05, 0.1) is 6.10 Å². The number of hydrogen-bond donors (Lipinski definition) is 2. The van der Waals surface area contributed by atoms with Gasteiger partial charge in [-0.2, -0.15) is 0 Å². The van der Waals surface area contributed by atoms with E-state index in [2.05, 4.69) is 0 Å². The fourth-order valence-electron chi connectivity index (χ4n) is 1.89. The highest BCUT2D eigenvalue weighted by Gasteiger charge is 2.30. The second kappa shape index (κ2) is 4.71. The number of amides is 1. The highest BCUT2D eigenvalue weighted by atomic mass is 19.1. The summed E-state index contributed by atoms with van der Waals surface area (Å²) >= 11 is 0.